The second-order valence-corrected chi connectivity index (χ2v) is 5.10. The van der Waals surface area contributed by atoms with E-state index in [2.05, 4.69) is 30.5 Å². The fourth-order valence-electron chi connectivity index (χ4n) is 2.37. The summed E-state index contributed by atoms with van der Waals surface area (Å²) in [6.45, 7) is 7.62. The van der Waals surface area contributed by atoms with Gasteiger partial charge in [-0.3, -0.25) is 4.68 Å². The summed E-state index contributed by atoms with van der Waals surface area (Å²) in [7, 11) is 1.55. The van der Waals surface area contributed by atoms with E-state index in [1.54, 1.807) is 13.2 Å². The molecule has 2 rings (SSSR count). The van der Waals surface area contributed by atoms with Gasteiger partial charge < -0.3 is 15.2 Å². The molecular formula is C16H23N3O2. The van der Waals surface area contributed by atoms with Crippen LogP contribution in [0.2, 0.25) is 0 Å². The summed E-state index contributed by atoms with van der Waals surface area (Å²) < 4.78 is 7.06. The zero-order valence-electron chi connectivity index (χ0n) is 13.1. The van der Waals surface area contributed by atoms with Gasteiger partial charge in [-0.1, -0.05) is 12.1 Å². The summed E-state index contributed by atoms with van der Waals surface area (Å²) >= 11 is 0. The predicted molar refractivity (Wildman–Crippen MR) is 82.6 cm³/mol. The highest BCUT2D eigenvalue weighted by Crippen LogP contribution is 2.29. The van der Waals surface area contributed by atoms with Gasteiger partial charge in [-0.25, -0.2) is 0 Å². The number of aryl methyl sites for hydroxylation is 2. The lowest BCUT2D eigenvalue weighted by Gasteiger charge is -2.15. The first-order valence-electron chi connectivity index (χ1n) is 7.19. The van der Waals surface area contributed by atoms with Gasteiger partial charge in [-0.2, -0.15) is 5.10 Å². The third kappa shape index (κ3) is 3.36. The molecule has 0 saturated carbocycles. The Morgan fingerprint density at radius 1 is 1.43 bits per heavy atom. The van der Waals surface area contributed by atoms with E-state index >= 15 is 0 Å². The summed E-state index contributed by atoms with van der Waals surface area (Å²) in [6, 6.07) is 5.67. The molecule has 0 fully saturated rings. The molecule has 0 aliphatic heterocycles. The first kappa shape index (κ1) is 15.4. The largest absolute Gasteiger partial charge is 0.504 e. The minimum absolute atomic E-state index is 0.163. The van der Waals surface area contributed by atoms with Gasteiger partial charge in [0.1, 0.15) is 0 Å². The van der Waals surface area contributed by atoms with Crippen molar-refractivity contribution in [2.24, 2.45) is 0 Å². The van der Waals surface area contributed by atoms with Crippen LogP contribution < -0.4 is 10.1 Å². The minimum Gasteiger partial charge on any atom is -0.504 e. The number of phenolic OH excluding ortho intramolecular Hbond substituents is 1. The first-order chi connectivity index (χ1) is 10.1. The van der Waals surface area contributed by atoms with Crippen molar-refractivity contribution in [1.82, 2.24) is 15.1 Å². The van der Waals surface area contributed by atoms with E-state index in [9.17, 15) is 5.11 Å². The maximum absolute atomic E-state index is 10.1. The second kappa shape index (κ2) is 6.63. The molecule has 0 aliphatic carbocycles. The highest BCUT2D eigenvalue weighted by molar-refractivity contribution is 5.45. The normalized spacial score (nSPS) is 12.4. The number of para-hydroxylation sites is 1. The van der Waals surface area contributed by atoms with Crippen molar-refractivity contribution in [3.05, 3.63) is 41.2 Å². The molecule has 1 heterocycles. The molecule has 1 unspecified atom stereocenters. The Balaban J connectivity index is 2.07. The highest BCUT2D eigenvalue weighted by atomic mass is 16.5. The number of hydrogen-bond donors (Lipinski definition) is 2. The molecule has 21 heavy (non-hydrogen) atoms. The molecule has 114 valence electrons. The SMILES string of the molecule is CCn1cc(C(C)NCc2cccc(OC)c2O)c(C)n1. The number of hydrogen-bond acceptors (Lipinski definition) is 4. The van der Waals surface area contributed by atoms with Crippen LogP contribution in [0.4, 0.5) is 0 Å². The Kier molecular flexibility index (Phi) is 4.85. The van der Waals surface area contributed by atoms with Gasteiger partial charge in [0.2, 0.25) is 0 Å². The maximum atomic E-state index is 10.1. The molecule has 0 radical (unpaired) electrons. The monoisotopic (exact) mass is 289 g/mol. The van der Waals surface area contributed by atoms with Crippen molar-refractivity contribution in [2.45, 2.75) is 39.9 Å². The van der Waals surface area contributed by atoms with Crippen molar-refractivity contribution in [1.29, 1.82) is 0 Å². The van der Waals surface area contributed by atoms with Crippen molar-refractivity contribution >= 4 is 0 Å². The van der Waals surface area contributed by atoms with E-state index in [-0.39, 0.29) is 11.8 Å². The number of benzene rings is 1. The molecule has 5 nitrogen and oxygen atoms in total. The number of nitrogens with one attached hydrogen (secondary N) is 1. The zero-order chi connectivity index (χ0) is 15.4. The van der Waals surface area contributed by atoms with Crippen LogP contribution in [-0.4, -0.2) is 22.0 Å². The smallest absolute Gasteiger partial charge is 0.162 e. The van der Waals surface area contributed by atoms with Crippen LogP contribution in [0.25, 0.3) is 0 Å². The molecule has 0 aliphatic rings. The fourth-order valence-corrected chi connectivity index (χ4v) is 2.37. The lowest BCUT2D eigenvalue weighted by Crippen LogP contribution is -2.18. The number of nitrogens with zero attached hydrogens (tertiary/aromatic N) is 2. The summed E-state index contributed by atoms with van der Waals surface area (Å²) in [4.78, 5) is 0. The zero-order valence-corrected chi connectivity index (χ0v) is 13.1. The maximum Gasteiger partial charge on any atom is 0.162 e. The molecule has 0 saturated heterocycles. The summed E-state index contributed by atoms with van der Waals surface area (Å²) in [5, 5.41) is 18.0. The Bertz CT molecular complexity index is 608. The molecule has 1 atom stereocenters. The number of methoxy groups -OCH3 is 1. The highest BCUT2D eigenvalue weighted by Gasteiger charge is 2.13. The van der Waals surface area contributed by atoms with Crippen LogP contribution in [0.5, 0.6) is 11.5 Å². The number of rotatable bonds is 6. The van der Waals surface area contributed by atoms with Gasteiger partial charge >= 0.3 is 0 Å². The Hall–Kier alpha value is -2.01. The van der Waals surface area contributed by atoms with E-state index in [0.717, 1.165) is 17.8 Å². The van der Waals surface area contributed by atoms with E-state index in [4.69, 9.17) is 4.74 Å². The Labute approximate surface area is 125 Å². The van der Waals surface area contributed by atoms with Gasteiger partial charge in [0.15, 0.2) is 11.5 Å². The molecule has 0 bridgehead atoms. The molecule has 0 amide bonds. The summed E-state index contributed by atoms with van der Waals surface area (Å²) in [6.07, 6.45) is 2.07. The standard InChI is InChI=1S/C16H23N3O2/c1-5-19-10-14(12(3)18-19)11(2)17-9-13-7-6-8-15(21-4)16(13)20/h6-8,10-11,17,20H,5,9H2,1-4H3. The van der Waals surface area contributed by atoms with Crippen LogP contribution in [-0.2, 0) is 13.1 Å². The Morgan fingerprint density at radius 3 is 2.81 bits per heavy atom. The van der Waals surface area contributed by atoms with Gasteiger partial charge in [-0.05, 0) is 26.8 Å². The van der Waals surface area contributed by atoms with Gasteiger partial charge in [-0.15, -0.1) is 0 Å². The van der Waals surface area contributed by atoms with Crippen molar-refractivity contribution in [2.75, 3.05) is 7.11 Å². The van der Waals surface area contributed by atoms with Crippen LogP contribution >= 0.6 is 0 Å². The average Bonchev–Trinajstić information content (AvgIpc) is 2.87. The molecule has 1 aromatic carbocycles. The van der Waals surface area contributed by atoms with E-state index in [0.29, 0.717) is 12.3 Å². The van der Waals surface area contributed by atoms with Crippen molar-refractivity contribution < 1.29 is 9.84 Å². The number of ether oxygens (including phenoxy) is 1. The van der Waals surface area contributed by atoms with Crippen LogP contribution in [0.1, 0.15) is 36.7 Å². The first-order valence-corrected chi connectivity index (χ1v) is 7.19. The van der Waals surface area contributed by atoms with Crippen LogP contribution in [0.15, 0.2) is 24.4 Å². The molecule has 1 aromatic heterocycles. The number of aromatic hydroxyl groups is 1. The average molecular weight is 289 g/mol. The van der Waals surface area contributed by atoms with Crippen molar-refractivity contribution in [3.63, 3.8) is 0 Å². The van der Waals surface area contributed by atoms with E-state index in [1.165, 1.54) is 5.56 Å². The summed E-state index contributed by atoms with van der Waals surface area (Å²) in [5.41, 5.74) is 3.03. The number of phenols is 1. The lowest BCUT2D eigenvalue weighted by atomic mass is 10.1. The minimum atomic E-state index is 0.163. The molecule has 0 spiro atoms. The van der Waals surface area contributed by atoms with E-state index < -0.39 is 0 Å². The van der Waals surface area contributed by atoms with Crippen LogP contribution in [0.3, 0.4) is 0 Å². The topological polar surface area (TPSA) is 59.3 Å². The molecule has 5 heteroatoms. The lowest BCUT2D eigenvalue weighted by molar-refractivity contribution is 0.369. The van der Waals surface area contributed by atoms with Crippen LogP contribution in [0, 0.1) is 6.92 Å². The summed E-state index contributed by atoms with van der Waals surface area (Å²) in [5.74, 6) is 0.692. The van der Waals surface area contributed by atoms with Gasteiger partial charge in [0.05, 0.1) is 12.8 Å². The second-order valence-electron chi connectivity index (χ2n) is 5.10. The molecule has 2 aromatic rings. The fraction of sp³-hybridized carbons (Fsp3) is 0.438. The predicted octanol–water partition coefficient (Wildman–Crippen LogP) is 2.78. The van der Waals surface area contributed by atoms with Crippen molar-refractivity contribution in [3.8, 4) is 11.5 Å². The third-order valence-corrected chi connectivity index (χ3v) is 3.68. The van der Waals surface area contributed by atoms with E-state index in [1.807, 2.05) is 23.7 Å². The Morgan fingerprint density at radius 2 is 2.19 bits per heavy atom. The molecule has 2 N–H and O–H groups in total. The number of aromatic nitrogens is 2. The third-order valence-electron chi connectivity index (χ3n) is 3.68. The van der Waals surface area contributed by atoms with Gasteiger partial charge in [0.25, 0.3) is 0 Å². The molecular weight excluding hydrogens is 266 g/mol. The van der Waals surface area contributed by atoms with Gasteiger partial charge in [0, 0.05) is 36.5 Å². The quantitative estimate of drug-likeness (QED) is 0.858.